The minimum Gasteiger partial charge on any atom is -0.452 e. The lowest BCUT2D eigenvalue weighted by molar-refractivity contribution is -0.127. The lowest BCUT2D eigenvalue weighted by Gasteiger charge is -2.15. The van der Waals surface area contributed by atoms with Crippen molar-refractivity contribution in [1.29, 1.82) is 5.26 Å². The van der Waals surface area contributed by atoms with E-state index in [1.165, 1.54) is 17.8 Å². The van der Waals surface area contributed by atoms with Crippen LogP contribution in [0.4, 0.5) is 5.69 Å². The number of esters is 1. The molecule has 3 rings (SSSR count). The van der Waals surface area contributed by atoms with E-state index in [1.54, 1.807) is 42.5 Å². The number of carbonyl (C=O) groups is 3. The molecule has 1 fully saturated rings. The number of benzene rings is 2. The highest BCUT2D eigenvalue weighted by molar-refractivity contribution is 8.00. The molecule has 0 atom stereocenters. The van der Waals surface area contributed by atoms with Crippen LogP contribution in [0.15, 0.2) is 53.4 Å². The van der Waals surface area contributed by atoms with Crippen molar-refractivity contribution in [2.75, 3.05) is 30.8 Å². The highest BCUT2D eigenvalue weighted by atomic mass is 32.2. The summed E-state index contributed by atoms with van der Waals surface area (Å²) in [5, 5.41) is 11.5. The van der Waals surface area contributed by atoms with E-state index in [9.17, 15) is 14.4 Å². The van der Waals surface area contributed by atoms with E-state index >= 15 is 0 Å². The second-order valence-corrected chi connectivity index (χ2v) is 7.71. The number of rotatable bonds is 7. The van der Waals surface area contributed by atoms with Crippen LogP contribution in [0.2, 0.25) is 0 Å². The molecule has 0 unspecified atom stereocenters. The van der Waals surface area contributed by atoms with Crippen molar-refractivity contribution >= 4 is 35.2 Å². The maximum Gasteiger partial charge on any atom is 0.339 e. The van der Waals surface area contributed by atoms with E-state index in [0.29, 0.717) is 21.7 Å². The fraction of sp³-hybridized carbons (Fsp3) is 0.273. The summed E-state index contributed by atoms with van der Waals surface area (Å²) in [6, 6.07) is 15.3. The van der Waals surface area contributed by atoms with Crippen LogP contribution < -0.4 is 5.32 Å². The molecule has 30 heavy (non-hydrogen) atoms. The highest BCUT2D eigenvalue weighted by Gasteiger charge is 2.20. The first kappa shape index (κ1) is 21.4. The van der Waals surface area contributed by atoms with Gasteiger partial charge in [-0.2, -0.15) is 5.26 Å². The normalized spacial score (nSPS) is 12.8. The van der Waals surface area contributed by atoms with Gasteiger partial charge in [-0.3, -0.25) is 9.59 Å². The molecule has 0 bridgehead atoms. The zero-order valence-corrected chi connectivity index (χ0v) is 17.1. The fourth-order valence-corrected chi connectivity index (χ4v) is 3.97. The molecule has 2 aromatic carbocycles. The minimum atomic E-state index is -0.632. The second kappa shape index (κ2) is 10.5. The first-order valence-electron chi connectivity index (χ1n) is 9.53. The summed E-state index contributed by atoms with van der Waals surface area (Å²) in [5.74, 6) is -0.833. The van der Waals surface area contributed by atoms with Gasteiger partial charge in [0.15, 0.2) is 6.61 Å². The summed E-state index contributed by atoms with van der Waals surface area (Å²) in [4.78, 5) is 39.3. The Morgan fingerprint density at radius 3 is 2.63 bits per heavy atom. The Hall–Kier alpha value is -3.31. The van der Waals surface area contributed by atoms with Gasteiger partial charge in [0.25, 0.3) is 5.91 Å². The van der Waals surface area contributed by atoms with Gasteiger partial charge < -0.3 is 15.0 Å². The number of hydrogen-bond acceptors (Lipinski definition) is 6. The maximum absolute atomic E-state index is 12.5. The van der Waals surface area contributed by atoms with E-state index in [4.69, 9.17) is 10.00 Å². The molecule has 0 saturated carbocycles. The first-order valence-corrected chi connectivity index (χ1v) is 10.5. The van der Waals surface area contributed by atoms with Crippen molar-refractivity contribution in [3.05, 3.63) is 59.7 Å². The first-order chi connectivity index (χ1) is 14.6. The van der Waals surface area contributed by atoms with Crippen molar-refractivity contribution < 1.29 is 19.1 Å². The standard InChI is InChI=1S/C22H21N3O4S/c23-13-16-6-5-7-17(12-16)24-20(26)14-29-22(28)18-8-1-2-9-19(18)30-15-21(27)25-10-3-4-11-25/h1-2,5-9,12H,3-4,10-11,14-15H2,(H,24,26). The van der Waals surface area contributed by atoms with Crippen LogP contribution in [0.3, 0.4) is 0 Å². The lowest BCUT2D eigenvalue weighted by Crippen LogP contribution is -2.29. The van der Waals surface area contributed by atoms with Gasteiger partial charge in [0, 0.05) is 23.7 Å². The summed E-state index contributed by atoms with van der Waals surface area (Å²) in [5.41, 5.74) is 1.18. The predicted octanol–water partition coefficient (Wildman–Crippen LogP) is 3.07. The number of anilines is 1. The van der Waals surface area contributed by atoms with Gasteiger partial charge in [-0.25, -0.2) is 4.79 Å². The molecular weight excluding hydrogens is 402 g/mol. The molecule has 1 N–H and O–H groups in total. The molecule has 8 heteroatoms. The Morgan fingerprint density at radius 2 is 1.87 bits per heavy atom. The molecule has 0 radical (unpaired) electrons. The third-order valence-electron chi connectivity index (χ3n) is 4.53. The number of nitrogens with one attached hydrogen (secondary N) is 1. The van der Waals surface area contributed by atoms with E-state index in [1.807, 2.05) is 11.0 Å². The molecule has 0 aromatic heterocycles. The largest absolute Gasteiger partial charge is 0.452 e. The van der Waals surface area contributed by atoms with Crippen LogP contribution in [0.1, 0.15) is 28.8 Å². The molecule has 154 valence electrons. The zero-order valence-electron chi connectivity index (χ0n) is 16.3. The Balaban J connectivity index is 1.54. The summed E-state index contributed by atoms with van der Waals surface area (Å²) < 4.78 is 5.14. The lowest BCUT2D eigenvalue weighted by atomic mass is 10.2. The zero-order chi connectivity index (χ0) is 21.3. The topological polar surface area (TPSA) is 99.5 Å². The maximum atomic E-state index is 12.5. The van der Waals surface area contributed by atoms with Gasteiger partial charge in [-0.15, -0.1) is 11.8 Å². The summed E-state index contributed by atoms with van der Waals surface area (Å²) in [6.07, 6.45) is 2.06. The minimum absolute atomic E-state index is 0.0552. The van der Waals surface area contributed by atoms with Crippen LogP contribution >= 0.6 is 11.8 Å². The molecule has 1 heterocycles. The number of carbonyl (C=O) groups excluding carboxylic acids is 3. The molecule has 2 aromatic rings. The van der Waals surface area contributed by atoms with Crippen LogP contribution in [0, 0.1) is 11.3 Å². The van der Waals surface area contributed by atoms with Crippen molar-refractivity contribution in [1.82, 2.24) is 4.90 Å². The van der Waals surface area contributed by atoms with Gasteiger partial charge >= 0.3 is 5.97 Å². The fourth-order valence-electron chi connectivity index (χ4n) is 3.03. The number of ether oxygens (including phenoxy) is 1. The Kier molecular flexibility index (Phi) is 7.46. The third-order valence-corrected chi connectivity index (χ3v) is 5.58. The van der Waals surface area contributed by atoms with Crippen LogP contribution in [0.25, 0.3) is 0 Å². The second-order valence-electron chi connectivity index (χ2n) is 6.69. The number of thioether (sulfide) groups is 1. The van der Waals surface area contributed by atoms with Gasteiger partial charge in [0.1, 0.15) is 0 Å². The molecule has 1 aliphatic rings. The van der Waals surface area contributed by atoms with Crippen LogP contribution in [0.5, 0.6) is 0 Å². The van der Waals surface area contributed by atoms with E-state index in [2.05, 4.69) is 5.32 Å². The number of hydrogen-bond donors (Lipinski definition) is 1. The van der Waals surface area contributed by atoms with Crippen molar-refractivity contribution in [2.24, 2.45) is 0 Å². The van der Waals surface area contributed by atoms with Gasteiger partial charge in [0.2, 0.25) is 5.91 Å². The number of likely N-dealkylation sites (tertiary alicyclic amines) is 1. The van der Waals surface area contributed by atoms with Gasteiger partial charge in [-0.1, -0.05) is 18.2 Å². The molecular formula is C22H21N3O4S. The smallest absolute Gasteiger partial charge is 0.339 e. The molecule has 1 saturated heterocycles. The van der Waals surface area contributed by atoms with Gasteiger partial charge in [0.05, 0.1) is 22.9 Å². The molecule has 0 spiro atoms. The van der Waals surface area contributed by atoms with Crippen molar-refractivity contribution in [3.63, 3.8) is 0 Å². The van der Waals surface area contributed by atoms with Gasteiger partial charge in [-0.05, 0) is 43.2 Å². The third kappa shape index (κ3) is 5.84. The molecule has 1 aliphatic heterocycles. The summed E-state index contributed by atoms with van der Waals surface area (Å²) in [6.45, 7) is 1.12. The molecule has 2 amide bonds. The van der Waals surface area contributed by atoms with Crippen molar-refractivity contribution in [3.8, 4) is 6.07 Å². The van der Waals surface area contributed by atoms with Crippen LogP contribution in [-0.4, -0.2) is 48.1 Å². The monoisotopic (exact) mass is 423 g/mol. The van der Waals surface area contributed by atoms with E-state index in [0.717, 1.165) is 25.9 Å². The summed E-state index contributed by atoms with van der Waals surface area (Å²) >= 11 is 1.29. The van der Waals surface area contributed by atoms with E-state index in [-0.39, 0.29) is 11.7 Å². The number of amides is 2. The average Bonchev–Trinajstić information content (AvgIpc) is 3.31. The Morgan fingerprint density at radius 1 is 1.10 bits per heavy atom. The number of nitriles is 1. The number of nitrogens with zero attached hydrogens (tertiary/aromatic N) is 2. The Labute approximate surface area is 179 Å². The Bertz CT molecular complexity index is 980. The summed E-state index contributed by atoms with van der Waals surface area (Å²) in [7, 11) is 0. The van der Waals surface area contributed by atoms with Crippen LogP contribution in [-0.2, 0) is 14.3 Å². The SMILES string of the molecule is N#Cc1cccc(NC(=O)COC(=O)c2ccccc2SCC(=O)N2CCCC2)c1. The molecule has 0 aliphatic carbocycles. The highest BCUT2D eigenvalue weighted by Crippen LogP contribution is 2.24. The molecule has 7 nitrogen and oxygen atoms in total. The quantitative estimate of drug-likeness (QED) is 0.543. The van der Waals surface area contributed by atoms with Crippen molar-refractivity contribution in [2.45, 2.75) is 17.7 Å². The predicted molar refractivity (Wildman–Crippen MR) is 113 cm³/mol. The average molecular weight is 423 g/mol. The van der Waals surface area contributed by atoms with E-state index < -0.39 is 18.5 Å².